The van der Waals surface area contributed by atoms with E-state index in [9.17, 15) is 9.59 Å². The number of hydrogen-bond donors (Lipinski definition) is 2. The van der Waals surface area contributed by atoms with Gasteiger partial charge in [-0.15, -0.1) is 0 Å². The number of fused-ring (bicyclic) bond motifs is 1. The minimum atomic E-state index is -0.613. The number of carbonyl (C=O) groups is 2. The lowest BCUT2D eigenvalue weighted by Crippen LogP contribution is -2.33. The van der Waals surface area contributed by atoms with Crippen molar-refractivity contribution in [3.63, 3.8) is 0 Å². The third-order valence-electron chi connectivity index (χ3n) is 5.14. The van der Waals surface area contributed by atoms with Gasteiger partial charge in [-0.05, 0) is 54.7 Å². The van der Waals surface area contributed by atoms with Crippen LogP contribution in [0, 0.1) is 11.3 Å². The molecule has 0 bridgehead atoms. The Morgan fingerprint density at radius 3 is 3.00 bits per heavy atom. The van der Waals surface area contributed by atoms with Crippen molar-refractivity contribution < 1.29 is 14.3 Å². The summed E-state index contributed by atoms with van der Waals surface area (Å²) in [6, 6.07) is 6.45. The van der Waals surface area contributed by atoms with Crippen molar-refractivity contribution in [3.05, 3.63) is 34.9 Å². The van der Waals surface area contributed by atoms with Crippen LogP contribution in [0.3, 0.4) is 0 Å². The van der Waals surface area contributed by atoms with Crippen molar-refractivity contribution in [1.29, 1.82) is 5.41 Å². The van der Waals surface area contributed by atoms with Crippen LogP contribution in [0.1, 0.15) is 48.3 Å². The normalized spacial score (nSPS) is 22.8. The van der Waals surface area contributed by atoms with Gasteiger partial charge in [0.2, 0.25) is 0 Å². The second-order valence-electron chi connectivity index (χ2n) is 6.60. The monoisotopic (exact) mass is 328 g/mol. The van der Waals surface area contributed by atoms with Gasteiger partial charge in [-0.2, -0.15) is 0 Å². The van der Waals surface area contributed by atoms with Gasteiger partial charge < -0.3 is 10.1 Å². The van der Waals surface area contributed by atoms with Gasteiger partial charge in [0, 0.05) is 13.0 Å². The van der Waals surface area contributed by atoms with Crippen LogP contribution in [-0.4, -0.2) is 31.2 Å². The lowest BCUT2D eigenvalue weighted by molar-refractivity contribution is -0.153. The van der Waals surface area contributed by atoms with Gasteiger partial charge in [0.1, 0.15) is 18.3 Å². The summed E-state index contributed by atoms with van der Waals surface area (Å²) in [5.41, 5.74) is 4.19. The number of nitrogens with one attached hydrogen (secondary N) is 2. The Hall–Kier alpha value is -2.17. The van der Waals surface area contributed by atoms with E-state index in [1.54, 1.807) is 0 Å². The third kappa shape index (κ3) is 3.50. The van der Waals surface area contributed by atoms with Crippen LogP contribution < -0.4 is 5.32 Å². The second kappa shape index (κ2) is 7.60. The Morgan fingerprint density at radius 1 is 1.33 bits per heavy atom. The number of carbonyl (C=O) groups excluding carboxylic acids is 2. The zero-order chi connectivity index (χ0) is 16.9. The van der Waals surface area contributed by atoms with Gasteiger partial charge in [0.05, 0.1) is 6.34 Å². The molecular formula is C19H24N2O3. The Labute approximate surface area is 142 Å². The summed E-state index contributed by atoms with van der Waals surface area (Å²) in [4.78, 5) is 24.5. The molecule has 2 aliphatic carbocycles. The fourth-order valence-corrected chi connectivity index (χ4v) is 3.95. The number of esters is 1. The van der Waals surface area contributed by atoms with Gasteiger partial charge in [-0.3, -0.25) is 15.0 Å². The predicted octanol–water partition coefficient (Wildman–Crippen LogP) is 2.37. The highest BCUT2D eigenvalue weighted by Crippen LogP contribution is 2.38. The van der Waals surface area contributed by atoms with Gasteiger partial charge >= 0.3 is 5.97 Å². The molecule has 1 saturated carbocycles. The molecule has 24 heavy (non-hydrogen) atoms. The Bertz CT molecular complexity index is 641. The number of Topliss-reactive ketones (excluding diaryl/α,β-unsaturated/α-hetero) is 1. The Morgan fingerprint density at radius 2 is 2.21 bits per heavy atom. The summed E-state index contributed by atoms with van der Waals surface area (Å²) in [5, 5.41) is 9.49. The number of ketones is 1. The fourth-order valence-electron chi connectivity index (χ4n) is 3.95. The topological polar surface area (TPSA) is 79.2 Å². The van der Waals surface area contributed by atoms with Crippen LogP contribution >= 0.6 is 0 Å². The van der Waals surface area contributed by atoms with Gasteiger partial charge in [0.15, 0.2) is 0 Å². The first-order valence-corrected chi connectivity index (χ1v) is 8.73. The van der Waals surface area contributed by atoms with Crippen molar-refractivity contribution in [1.82, 2.24) is 5.32 Å². The Kier molecular flexibility index (Phi) is 5.28. The first kappa shape index (κ1) is 16.7. The minimum absolute atomic E-state index is 0.00635. The first-order valence-electron chi connectivity index (χ1n) is 8.73. The van der Waals surface area contributed by atoms with E-state index < -0.39 is 11.9 Å². The molecule has 1 aromatic rings. The van der Waals surface area contributed by atoms with E-state index in [-0.39, 0.29) is 18.3 Å². The molecule has 0 heterocycles. The highest BCUT2D eigenvalue weighted by molar-refractivity contribution is 5.99. The number of hydrogen-bond acceptors (Lipinski definition) is 4. The molecule has 3 rings (SSSR count). The van der Waals surface area contributed by atoms with E-state index in [2.05, 4.69) is 23.5 Å². The average Bonchev–Trinajstić information content (AvgIpc) is 3.07. The van der Waals surface area contributed by atoms with E-state index in [1.165, 1.54) is 23.1 Å². The predicted molar refractivity (Wildman–Crippen MR) is 91.3 cm³/mol. The van der Waals surface area contributed by atoms with Crippen molar-refractivity contribution in [2.24, 2.45) is 5.92 Å². The summed E-state index contributed by atoms with van der Waals surface area (Å²) < 4.78 is 5.14. The smallest absolute Gasteiger partial charge is 0.316 e. The molecule has 5 nitrogen and oxygen atoms in total. The van der Waals surface area contributed by atoms with Crippen LogP contribution in [0.5, 0.6) is 0 Å². The molecule has 2 N–H and O–H groups in total. The molecule has 0 aromatic heterocycles. The largest absolute Gasteiger partial charge is 0.463 e. The number of rotatable bonds is 6. The summed E-state index contributed by atoms with van der Waals surface area (Å²) in [6.07, 6.45) is 6.39. The Balaban J connectivity index is 1.60. The molecule has 0 aliphatic heterocycles. The molecule has 5 heteroatoms. The maximum Gasteiger partial charge on any atom is 0.316 e. The van der Waals surface area contributed by atoms with Gasteiger partial charge in [-0.1, -0.05) is 18.2 Å². The molecule has 0 saturated heterocycles. The number of ether oxygens (including phenoxy) is 1. The molecular weight excluding hydrogens is 304 g/mol. The summed E-state index contributed by atoms with van der Waals surface area (Å²) in [7, 11) is 0. The molecule has 2 unspecified atom stereocenters. The van der Waals surface area contributed by atoms with Crippen molar-refractivity contribution >= 4 is 18.1 Å². The minimum Gasteiger partial charge on any atom is -0.463 e. The molecule has 0 radical (unpaired) electrons. The fraction of sp³-hybridized carbons (Fsp3) is 0.526. The molecule has 0 amide bonds. The highest BCUT2D eigenvalue weighted by Gasteiger charge is 2.36. The van der Waals surface area contributed by atoms with Gasteiger partial charge in [-0.25, -0.2) is 0 Å². The molecule has 0 spiro atoms. The van der Waals surface area contributed by atoms with Crippen LogP contribution in [-0.2, 0) is 27.2 Å². The number of aryl methyl sites for hydroxylation is 1. The number of benzene rings is 1. The van der Waals surface area contributed by atoms with Crippen LogP contribution in [0.25, 0.3) is 0 Å². The van der Waals surface area contributed by atoms with Crippen molar-refractivity contribution in [3.8, 4) is 0 Å². The first-order chi connectivity index (χ1) is 11.7. The quantitative estimate of drug-likeness (QED) is 0.276. The van der Waals surface area contributed by atoms with Crippen LogP contribution in [0.2, 0.25) is 0 Å². The van der Waals surface area contributed by atoms with E-state index in [4.69, 9.17) is 10.1 Å². The second-order valence-corrected chi connectivity index (χ2v) is 6.60. The van der Waals surface area contributed by atoms with E-state index in [0.717, 1.165) is 25.6 Å². The summed E-state index contributed by atoms with van der Waals surface area (Å²) >= 11 is 0. The van der Waals surface area contributed by atoms with Crippen molar-refractivity contribution in [2.75, 3.05) is 13.2 Å². The highest BCUT2D eigenvalue weighted by atomic mass is 16.5. The van der Waals surface area contributed by atoms with Crippen LogP contribution in [0.4, 0.5) is 0 Å². The summed E-state index contributed by atoms with van der Waals surface area (Å²) in [6.45, 7) is 0.586. The van der Waals surface area contributed by atoms with Crippen molar-refractivity contribution in [2.45, 2.75) is 44.4 Å². The van der Waals surface area contributed by atoms with Gasteiger partial charge in [0.25, 0.3) is 0 Å². The van der Waals surface area contributed by atoms with Crippen LogP contribution in [0.15, 0.2) is 18.2 Å². The molecule has 128 valence electrons. The third-order valence-corrected chi connectivity index (χ3v) is 5.14. The molecule has 2 atom stereocenters. The molecule has 1 fully saturated rings. The lowest BCUT2D eigenvalue weighted by Gasteiger charge is -2.28. The maximum absolute atomic E-state index is 12.5. The molecule has 2 aliphatic rings. The standard InChI is InChI=1S/C19H24N2O3/c20-12-21-9-10-24-19(23)17-8-7-14(11-18(17)22)16-6-2-4-13-3-1-5-15(13)16/h2,4,6,12,14,17H,1,3,5,7-11H2,(H2,20,21). The zero-order valence-corrected chi connectivity index (χ0v) is 13.8. The lowest BCUT2D eigenvalue weighted by atomic mass is 9.76. The SMILES string of the molecule is N=CNCCOC(=O)C1CCC(c2cccc3c2CCC3)CC1=O. The molecule has 1 aromatic carbocycles. The van der Waals surface area contributed by atoms with E-state index in [1.807, 2.05) is 0 Å². The zero-order valence-electron chi connectivity index (χ0n) is 13.8. The average molecular weight is 328 g/mol. The summed E-state index contributed by atoms with van der Waals surface area (Å²) in [5.74, 6) is -0.775. The van der Waals surface area contributed by atoms with E-state index in [0.29, 0.717) is 19.4 Å². The van der Waals surface area contributed by atoms with E-state index >= 15 is 0 Å². The maximum atomic E-state index is 12.5.